The van der Waals surface area contributed by atoms with Crippen LogP contribution in [-0.2, 0) is 0 Å². The molecule has 0 atom stereocenters. The number of aromatic amines is 1. The number of hydrogen-bond donors (Lipinski definition) is 1. The molecule has 1 aromatic heterocycles. The molecule has 19 heavy (non-hydrogen) atoms. The van der Waals surface area contributed by atoms with E-state index in [9.17, 15) is 13.2 Å². The Hall–Kier alpha value is -2.30. The maximum Gasteiger partial charge on any atom is 0.195 e. The quantitative estimate of drug-likeness (QED) is 0.661. The van der Waals surface area contributed by atoms with Gasteiger partial charge in [0.15, 0.2) is 17.5 Å². The van der Waals surface area contributed by atoms with Crippen LogP contribution < -0.4 is 0 Å². The highest BCUT2D eigenvalue weighted by Gasteiger charge is 2.17. The summed E-state index contributed by atoms with van der Waals surface area (Å²) >= 11 is 0. The number of nitrogens with one attached hydrogen (secondary N) is 1. The lowest BCUT2D eigenvalue weighted by Gasteiger charge is -2.00. The Bertz CT molecular complexity index is 778. The number of aryl methyl sites for hydroxylation is 1. The van der Waals surface area contributed by atoms with Gasteiger partial charge < -0.3 is 4.98 Å². The van der Waals surface area contributed by atoms with Crippen LogP contribution in [0.1, 0.15) is 5.56 Å². The molecule has 0 saturated carbocycles. The zero-order chi connectivity index (χ0) is 13.6. The largest absolute Gasteiger partial charge is 0.338 e. The molecule has 3 rings (SSSR count). The minimum atomic E-state index is -1.49. The molecule has 1 N–H and O–H groups in total. The average Bonchev–Trinajstić information content (AvgIpc) is 2.81. The lowest BCUT2D eigenvalue weighted by molar-refractivity contribution is 0.448. The standard InChI is InChI=1S/C14H9F3N2/c1-7-3-2-4-10-13(7)19-14(18-10)8-5-6-9(15)12(17)11(8)16/h2-6H,1H3,(H,18,19). The van der Waals surface area contributed by atoms with E-state index >= 15 is 0 Å². The van der Waals surface area contributed by atoms with E-state index in [0.29, 0.717) is 5.52 Å². The van der Waals surface area contributed by atoms with Crippen molar-refractivity contribution in [1.82, 2.24) is 9.97 Å². The maximum absolute atomic E-state index is 13.7. The number of rotatable bonds is 1. The average molecular weight is 262 g/mol. The number of fused-ring (bicyclic) bond motifs is 1. The molecule has 0 aliphatic rings. The molecule has 1 heterocycles. The van der Waals surface area contributed by atoms with Gasteiger partial charge in [-0.05, 0) is 30.7 Å². The Balaban J connectivity index is 2.25. The van der Waals surface area contributed by atoms with E-state index in [1.54, 1.807) is 6.07 Å². The number of aromatic nitrogens is 2. The van der Waals surface area contributed by atoms with Crippen LogP contribution in [0.2, 0.25) is 0 Å². The van der Waals surface area contributed by atoms with Gasteiger partial charge in [0.2, 0.25) is 0 Å². The molecule has 5 heteroatoms. The van der Waals surface area contributed by atoms with Gasteiger partial charge in [-0.3, -0.25) is 0 Å². The second-order valence-electron chi connectivity index (χ2n) is 4.28. The molecule has 2 aromatic carbocycles. The topological polar surface area (TPSA) is 28.7 Å². The van der Waals surface area contributed by atoms with Gasteiger partial charge in [-0.15, -0.1) is 0 Å². The predicted octanol–water partition coefficient (Wildman–Crippen LogP) is 3.96. The van der Waals surface area contributed by atoms with Crippen LogP contribution in [0.4, 0.5) is 13.2 Å². The fraction of sp³-hybridized carbons (Fsp3) is 0.0714. The molecule has 0 aliphatic heterocycles. The summed E-state index contributed by atoms with van der Waals surface area (Å²) in [4.78, 5) is 7.13. The highest BCUT2D eigenvalue weighted by molar-refractivity contribution is 5.82. The fourth-order valence-corrected chi connectivity index (χ4v) is 2.01. The van der Waals surface area contributed by atoms with Gasteiger partial charge in [-0.1, -0.05) is 12.1 Å². The van der Waals surface area contributed by atoms with Crippen molar-refractivity contribution < 1.29 is 13.2 Å². The van der Waals surface area contributed by atoms with Crippen molar-refractivity contribution in [1.29, 1.82) is 0 Å². The van der Waals surface area contributed by atoms with E-state index in [1.165, 1.54) is 6.07 Å². The third-order valence-electron chi connectivity index (χ3n) is 3.00. The Labute approximate surface area is 106 Å². The van der Waals surface area contributed by atoms with Crippen molar-refractivity contribution in [2.24, 2.45) is 0 Å². The Kier molecular flexibility index (Phi) is 2.55. The molecule has 3 aromatic rings. The van der Waals surface area contributed by atoms with Crippen molar-refractivity contribution in [2.75, 3.05) is 0 Å². The molecule has 0 fully saturated rings. The van der Waals surface area contributed by atoms with Crippen LogP contribution in [0.3, 0.4) is 0 Å². The maximum atomic E-state index is 13.7. The minimum absolute atomic E-state index is 0.0884. The molecule has 96 valence electrons. The number of imidazole rings is 1. The summed E-state index contributed by atoms with van der Waals surface area (Å²) in [6.45, 7) is 1.87. The third kappa shape index (κ3) is 1.78. The van der Waals surface area contributed by atoms with E-state index < -0.39 is 17.5 Å². The molecule has 0 spiro atoms. The van der Waals surface area contributed by atoms with E-state index in [4.69, 9.17) is 0 Å². The smallest absolute Gasteiger partial charge is 0.195 e. The molecular weight excluding hydrogens is 253 g/mol. The van der Waals surface area contributed by atoms with Crippen molar-refractivity contribution >= 4 is 11.0 Å². The summed E-state index contributed by atoms with van der Waals surface area (Å²) in [5.74, 6) is -3.76. The van der Waals surface area contributed by atoms with Crippen LogP contribution in [-0.4, -0.2) is 9.97 Å². The van der Waals surface area contributed by atoms with Crippen LogP contribution in [0, 0.1) is 24.4 Å². The van der Waals surface area contributed by atoms with Crippen LogP contribution in [0.5, 0.6) is 0 Å². The van der Waals surface area contributed by atoms with Crippen molar-refractivity contribution in [2.45, 2.75) is 6.92 Å². The summed E-state index contributed by atoms with van der Waals surface area (Å²) in [5, 5.41) is 0. The van der Waals surface area contributed by atoms with E-state index in [1.807, 2.05) is 19.1 Å². The first-order valence-electron chi connectivity index (χ1n) is 5.67. The Morgan fingerprint density at radius 2 is 1.79 bits per heavy atom. The highest BCUT2D eigenvalue weighted by Crippen LogP contribution is 2.26. The van der Waals surface area contributed by atoms with Crippen LogP contribution in [0.15, 0.2) is 30.3 Å². The lowest BCUT2D eigenvalue weighted by Crippen LogP contribution is -1.94. The lowest BCUT2D eigenvalue weighted by atomic mass is 10.2. The minimum Gasteiger partial charge on any atom is -0.338 e. The first kappa shape index (κ1) is 11.8. The Morgan fingerprint density at radius 1 is 1.00 bits per heavy atom. The summed E-state index contributed by atoms with van der Waals surface area (Å²) in [6, 6.07) is 7.54. The first-order valence-corrected chi connectivity index (χ1v) is 5.67. The van der Waals surface area contributed by atoms with Crippen molar-refractivity contribution in [3.8, 4) is 11.4 Å². The summed E-state index contributed by atoms with van der Waals surface area (Å²) in [5.41, 5.74) is 2.23. The van der Waals surface area contributed by atoms with Crippen LogP contribution >= 0.6 is 0 Å². The van der Waals surface area contributed by atoms with Crippen molar-refractivity contribution in [3.05, 3.63) is 53.3 Å². The second-order valence-corrected chi connectivity index (χ2v) is 4.28. The fourth-order valence-electron chi connectivity index (χ4n) is 2.01. The van der Waals surface area contributed by atoms with Crippen LogP contribution in [0.25, 0.3) is 22.4 Å². The molecule has 0 amide bonds. The molecule has 0 radical (unpaired) electrons. The van der Waals surface area contributed by atoms with Gasteiger partial charge in [-0.2, -0.15) is 0 Å². The summed E-state index contributed by atoms with van der Waals surface area (Å²) < 4.78 is 39.8. The van der Waals surface area contributed by atoms with Gasteiger partial charge in [0.05, 0.1) is 16.6 Å². The number of nitrogens with zero attached hydrogens (tertiary/aromatic N) is 1. The number of benzene rings is 2. The number of para-hydroxylation sites is 1. The van der Waals surface area contributed by atoms with Gasteiger partial charge in [0.25, 0.3) is 0 Å². The van der Waals surface area contributed by atoms with E-state index in [-0.39, 0.29) is 11.4 Å². The number of halogens is 3. The summed E-state index contributed by atoms with van der Waals surface area (Å²) in [7, 11) is 0. The van der Waals surface area contributed by atoms with Gasteiger partial charge in [0.1, 0.15) is 5.82 Å². The zero-order valence-corrected chi connectivity index (χ0v) is 9.97. The SMILES string of the molecule is Cc1cccc2[nH]c(-c3ccc(F)c(F)c3F)nc12. The molecule has 0 saturated heterocycles. The number of hydrogen-bond acceptors (Lipinski definition) is 1. The highest BCUT2D eigenvalue weighted by atomic mass is 19.2. The van der Waals surface area contributed by atoms with Gasteiger partial charge in [0, 0.05) is 0 Å². The summed E-state index contributed by atoms with van der Waals surface area (Å²) in [6.07, 6.45) is 0. The van der Waals surface area contributed by atoms with Gasteiger partial charge in [-0.25, -0.2) is 18.2 Å². The zero-order valence-electron chi connectivity index (χ0n) is 9.97. The second kappa shape index (κ2) is 4.12. The van der Waals surface area contributed by atoms with E-state index in [0.717, 1.165) is 17.1 Å². The Morgan fingerprint density at radius 3 is 2.53 bits per heavy atom. The third-order valence-corrected chi connectivity index (χ3v) is 3.00. The molecule has 0 bridgehead atoms. The normalized spacial score (nSPS) is 11.2. The number of H-pyrrole nitrogens is 1. The first-order chi connectivity index (χ1) is 9.08. The van der Waals surface area contributed by atoms with E-state index in [2.05, 4.69) is 9.97 Å². The molecular formula is C14H9F3N2. The van der Waals surface area contributed by atoms with Gasteiger partial charge >= 0.3 is 0 Å². The molecule has 0 unspecified atom stereocenters. The predicted molar refractivity (Wildman–Crippen MR) is 66.1 cm³/mol. The molecule has 0 aliphatic carbocycles. The van der Waals surface area contributed by atoms with Crippen molar-refractivity contribution in [3.63, 3.8) is 0 Å². The molecule has 2 nitrogen and oxygen atoms in total. The monoisotopic (exact) mass is 262 g/mol.